The van der Waals surface area contributed by atoms with Crippen LogP contribution >= 0.6 is 0 Å². The van der Waals surface area contributed by atoms with Crippen molar-refractivity contribution in [2.45, 2.75) is 38.3 Å². The highest BCUT2D eigenvalue weighted by Gasteiger charge is 2.33. The quantitative estimate of drug-likeness (QED) is 0.595. The summed E-state index contributed by atoms with van der Waals surface area (Å²) in [6.07, 6.45) is 2.70. The lowest BCUT2D eigenvalue weighted by Gasteiger charge is -2.31. The van der Waals surface area contributed by atoms with Gasteiger partial charge in [-0.15, -0.1) is 0 Å². The molecule has 4 N–H and O–H groups in total. The molecule has 4 nitrogen and oxygen atoms in total. The van der Waals surface area contributed by atoms with E-state index in [1.54, 1.807) is 6.92 Å². The molecule has 0 saturated heterocycles. The predicted molar refractivity (Wildman–Crippen MR) is 49.9 cm³/mol. The van der Waals surface area contributed by atoms with Crippen LogP contribution < -0.4 is 11.5 Å². The Morgan fingerprint density at radius 3 is 2.77 bits per heavy atom. The summed E-state index contributed by atoms with van der Waals surface area (Å²) >= 11 is 0. The molecule has 1 aliphatic rings. The summed E-state index contributed by atoms with van der Waals surface area (Å²) in [4.78, 5) is 11.4. The van der Waals surface area contributed by atoms with E-state index in [1.165, 1.54) is 0 Å². The molecule has 3 atom stereocenters. The average Bonchev–Trinajstić information content (AvgIpc) is 2.10. The van der Waals surface area contributed by atoms with Crippen LogP contribution in [0, 0.1) is 5.92 Å². The van der Waals surface area contributed by atoms with Gasteiger partial charge in [0.1, 0.15) is 0 Å². The van der Waals surface area contributed by atoms with Gasteiger partial charge in [-0.3, -0.25) is 4.79 Å². The van der Waals surface area contributed by atoms with Crippen LogP contribution in [0.25, 0.3) is 0 Å². The minimum atomic E-state index is -0.229. The number of nitrogens with two attached hydrogens (primary N) is 2. The first-order chi connectivity index (χ1) is 6.16. The molecule has 0 aliphatic heterocycles. The minimum absolute atomic E-state index is 0.0526. The molecule has 3 unspecified atom stereocenters. The zero-order valence-electron chi connectivity index (χ0n) is 8.03. The van der Waals surface area contributed by atoms with Crippen molar-refractivity contribution in [3.8, 4) is 0 Å². The molecule has 1 aliphatic carbocycles. The highest BCUT2D eigenvalue weighted by atomic mass is 16.5. The lowest BCUT2D eigenvalue weighted by molar-refractivity contribution is -0.149. The third-order valence-corrected chi connectivity index (χ3v) is 2.60. The van der Waals surface area contributed by atoms with E-state index in [0.29, 0.717) is 6.61 Å². The van der Waals surface area contributed by atoms with Gasteiger partial charge in [-0.1, -0.05) is 6.42 Å². The van der Waals surface area contributed by atoms with Crippen molar-refractivity contribution in [2.75, 3.05) is 6.61 Å². The topological polar surface area (TPSA) is 78.3 Å². The first kappa shape index (κ1) is 10.5. The fourth-order valence-electron chi connectivity index (χ4n) is 1.78. The van der Waals surface area contributed by atoms with E-state index in [-0.39, 0.29) is 24.0 Å². The summed E-state index contributed by atoms with van der Waals surface area (Å²) in [7, 11) is 0. The first-order valence-corrected chi connectivity index (χ1v) is 4.84. The molecule has 76 valence electrons. The zero-order valence-corrected chi connectivity index (χ0v) is 8.03. The van der Waals surface area contributed by atoms with Crippen LogP contribution in [-0.4, -0.2) is 24.7 Å². The van der Waals surface area contributed by atoms with E-state index in [0.717, 1.165) is 19.3 Å². The van der Waals surface area contributed by atoms with E-state index in [4.69, 9.17) is 16.2 Å². The van der Waals surface area contributed by atoms with Crippen LogP contribution in [0.2, 0.25) is 0 Å². The summed E-state index contributed by atoms with van der Waals surface area (Å²) in [5.74, 6) is -0.381. The van der Waals surface area contributed by atoms with E-state index < -0.39 is 0 Å². The van der Waals surface area contributed by atoms with Gasteiger partial charge in [0.15, 0.2) is 0 Å². The number of carbonyl (C=O) groups excluding carboxylic acids is 1. The number of hydrogen-bond acceptors (Lipinski definition) is 4. The van der Waals surface area contributed by atoms with Gasteiger partial charge in [0, 0.05) is 12.1 Å². The Morgan fingerprint density at radius 1 is 1.46 bits per heavy atom. The average molecular weight is 186 g/mol. The Kier molecular flexibility index (Phi) is 3.69. The second kappa shape index (κ2) is 4.58. The second-order valence-corrected chi connectivity index (χ2v) is 3.53. The summed E-state index contributed by atoms with van der Waals surface area (Å²) in [6.45, 7) is 2.21. The summed E-state index contributed by atoms with van der Waals surface area (Å²) < 4.78 is 4.93. The second-order valence-electron chi connectivity index (χ2n) is 3.53. The molecule has 0 amide bonds. The summed E-state index contributed by atoms with van der Waals surface area (Å²) in [5, 5.41) is 0. The smallest absolute Gasteiger partial charge is 0.310 e. The van der Waals surface area contributed by atoms with Gasteiger partial charge in [-0.25, -0.2) is 0 Å². The summed E-state index contributed by atoms with van der Waals surface area (Å²) in [6, 6.07) is -0.282. The van der Waals surface area contributed by atoms with E-state index >= 15 is 0 Å². The fraction of sp³-hybridized carbons (Fsp3) is 0.889. The molecule has 1 saturated carbocycles. The number of esters is 1. The molecule has 4 heteroatoms. The number of ether oxygens (including phenoxy) is 1. The molecule has 0 heterocycles. The maximum Gasteiger partial charge on any atom is 0.310 e. The van der Waals surface area contributed by atoms with Crippen LogP contribution in [0.4, 0.5) is 0 Å². The van der Waals surface area contributed by atoms with Gasteiger partial charge in [-0.05, 0) is 19.8 Å². The van der Waals surface area contributed by atoms with Crippen molar-refractivity contribution in [3.05, 3.63) is 0 Å². The van der Waals surface area contributed by atoms with Crippen LogP contribution in [0.1, 0.15) is 26.2 Å². The number of rotatable bonds is 2. The lowest BCUT2D eigenvalue weighted by Crippen LogP contribution is -2.52. The largest absolute Gasteiger partial charge is 0.466 e. The predicted octanol–water partition coefficient (Wildman–Crippen LogP) is 0.00420. The monoisotopic (exact) mass is 186 g/mol. The molecule has 1 rings (SSSR count). The van der Waals surface area contributed by atoms with Crippen molar-refractivity contribution >= 4 is 5.97 Å². The van der Waals surface area contributed by atoms with Crippen molar-refractivity contribution in [1.29, 1.82) is 0 Å². The van der Waals surface area contributed by atoms with Crippen molar-refractivity contribution in [3.63, 3.8) is 0 Å². The SMILES string of the molecule is CCOC(=O)C1CCCC(N)C1N. The Morgan fingerprint density at radius 2 is 2.15 bits per heavy atom. The molecular weight excluding hydrogens is 168 g/mol. The molecular formula is C9H18N2O2. The molecule has 13 heavy (non-hydrogen) atoms. The van der Waals surface area contributed by atoms with Gasteiger partial charge in [-0.2, -0.15) is 0 Å². The van der Waals surface area contributed by atoms with Crippen LogP contribution in [-0.2, 0) is 9.53 Å². The van der Waals surface area contributed by atoms with Gasteiger partial charge >= 0.3 is 5.97 Å². The van der Waals surface area contributed by atoms with Gasteiger partial charge < -0.3 is 16.2 Å². The lowest BCUT2D eigenvalue weighted by atomic mass is 9.82. The Balaban J connectivity index is 2.52. The number of hydrogen-bond donors (Lipinski definition) is 2. The number of carbonyl (C=O) groups is 1. The van der Waals surface area contributed by atoms with Gasteiger partial charge in [0.05, 0.1) is 12.5 Å². The van der Waals surface area contributed by atoms with Crippen molar-refractivity contribution < 1.29 is 9.53 Å². The standard InChI is InChI=1S/C9H18N2O2/c1-2-13-9(12)6-4-3-5-7(10)8(6)11/h6-8H,2-5,10-11H2,1H3. The Hall–Kier alpha value is -0.610. The van der Waals surface area contributed by atoms with Crippen LogP contribution in [0.3, 0.4) is 0 Å². The van der Waals surface area contributed by atoms with E-state index in [9.17, 15) is 4.79 Å². The Bertz CT molecular complexity index is 184. The third-order valence-electron chi connectivity index (χ3n) is 2.60. The Labute approximate surface area is 78.6 Å². The minimum Gasteiger partial charge on any atom is -0.466 e. The van der Waals surface area contributed by atoms with Gasteiger partial charge in [0.2, 0.25) is 0 Å². The summed E-state index contributed by atoms with van der Waals surface area (Å²) in [5.41, 5.74) is 11.6. The molecule has 1 fully saturated rings. The van der Waals surface area contributed by atoms with Crippen molar-refractivity contribution in [2.24, 2.45) is 17.4 Å². The molecule has 0 radical (unpaired) electrons. The van der Waals surface area contributed by atoms with E-state index in [2.05, 4.69) is 0 Å². The fourth-order valence-corrected chi connectivity index (χ4v) is 1.78. The molecule has 0 aromatic heterocycles. The molecule has 0 spiro atoms. The maximum atomic E-state index is 11.4. The highest BCUT2D eigenvalue weighted by molar-refractivity contribution is 5.73. The molecule has 0 bridgehead atoms. The third kappa shape index (κ3) is 2.42. The van der Waals surface area contributed by atoms with E-state index in [1.807, 2.05) is 0 Å². The van der Waals surface area contributed by atoms with Gasteiger partial charge in [0.25, 0.3) is 0 Å². The molecule has 0 aromatic carbocycles. The normalized spacial score (nSPS) is 34.2. The van der Waals surface area contributed by atoms with Crippen LogP contribution in [0.15, 0.2) is 0 Å². The first-order valence-electron chi connectivity index (χ1n) is 4.84. The van der Waals surface area contributed by atoms with Crippen molar-refractivity contribution in [1.82, 2.24) is 0 Å². The highest BCUT2D eigenvalue weighted by Crippen LogP contribution is 2.23. The molecule has 0 aromatic rings. The van der Waals surface area contributed by atoms with Crippen LogP contribution in [0.5, 0.6) is 0 Å². The zero-order chi connectivity index (χ0) is 9.84. The maximum absolute atomic E-state index is 11.4.